The molecule has 1 aliphatic rings. The monoisotopic (exact) mass is 361 g/mol. The Balaban J connectivity index is 2.35. The largest absolute Gasteiger partial charge is 0.383 e. The second kappa shape index (κ2) is 4.39. The van der Waals surface area contributed by atoms with Gasteiger partial charge in [-0.2, -0.15) is 5.10 Å². The maximum absolute atomic E-state index is 6.20. The van der Waals surface area contributed by atoms with Gasteiger partial charge in [0.2, 0.25) is 0 Å². The lowest BCUT2D eigenvalue weighted by Gasteiger charge is -2.45. The lowest BCUT2D eigenvalue weighted by molar-refractivity contribution is 0.0681. The highest BCUT2D eigenvalue weighted by Crippen LogP contribution is 2.50. The standard InChI is InChI=1S/C14H24IN3/c1-9-11(15)12(16)18(17-9)10-6-13(2,3)8-14(4,5)7-10/h10H,6-8,16H2,1-5H3. The molecule has 0 aromatic carbocycles. The minimum Gasteiger partial charge on any atom is -0.383 e. The molecule has 1 aromatic rings. The van der Waals surface area contributed by atoms with Gasteiger partial charge < -0.3 is 5.73 Å². The van der Waals surface area contributed by atoms with Crippen molar-refractivity contribution in [3.05, 3.63) is 9.26 Å². The van der Waals surface area contributed by atoms with Crippen LogP contribution in [0, 0.1) is 21.3 Å². The van der Waals surface area contributed by atoms with Crippen molar-refractivity contribution >= 4 is 28.4 Å². The second-order valence-electron chi connectivity index (χ2n) is 7.30. The number of aromatic nitrogens is 2. The van der Waals surface area contributed by atoms with E-state index in [9.17, 15) is 0 Å². The Kier molecular flexibility index (Phi) is 3.45. The molecule has 0 radical (unpaired) electrons. The minimum atomic E-state index is 0.365. The molecule has 2 rings (SSSR count). The highest BCUT2D eigenvalue weighted by Gasteiger charge is 2.40. The molecule has 4 heteroatoms. The number of rotatable bonds is 1. The zero-order valence-electron chi connectivity index (χ0n) is 12.0. The molecule has 1 fully saturated rings. The Morgan fingerprint density at radius 2 is 1.72 bits per heavy atom. The van der Waals surface area contributed by atoms with Gasteiger partial charge in [-0.3, -0.25) is 0 Å². The molecule has 18 heavy (non-hydrogen) atoms. The summed E-state index contributed by atoms with van der Waals surface area (Å²) >= 11 is 2.30. The molecule has 0 aliphatic heterocycles. The van der Waals surface area contributed by atoms with E-state index >= 15 is 0 Å². The second-order valence-corrected chi connectivity index (χ2v) is 8.38. The van der Waals surface area contributed by atoms with Crippen molar-refractivity contribution in [2.24, 2.45) is 10.8 Å². The number of hydrogen-bond acceptors (Lipinski definition) is 2. The summed E-state index contributed by atoms with van der Waals surface area (Å²) in [6.45, 7) is 11.5. The van der Waals surface area contributed by atoms with Crippen LogP contribution in [0.1, 0.15) is 58.7 Å². The van der Waals surface area contributed by atoms with Gasteiger partial charge in [-0.1, -0.05) is 27.7 Å². The molecule has 0 saturated heterocycles. The maximum Gasteiger partial charge on any atom is 0.135 e. The highest BCUT2D eigenvalue weighted by atomic mass is 127. The lowest BCUT2D eigenvalue weighted by atomic mass is 9.63. The summed E-state index contributed by atoms with van der Waals surface area (Å²) in [5, 5.41) is 4.65. The predicted molar refractivity (Wildman–Crippen MR) is 84.5 cm³/mol. The van der Waals surface area contributed by atoms with Gasteiger partial charge in [-0.15, -0.1) is 0 Å². The molecule has 1 saturated carbocycles. The average Bonchev–Trinajstić information content (AvgIpc) is 2.41. The molecule has 3 nitrogen and oxygen atoms in total. The Hall–Kier alpha value is -0.260. The quantitative estimate of drug-likeness (QED) is 0.764. The van der Waals surface area contributed by atoms with E-state index in [1.54, 1.807) is 0 Å². The van der Waals surface area contributed by atoms with Crippen molar-refractivity contribution < 1.29 is 0 Å². The van der Waals surface area contributed by atoms with Crippen LogP contribution in [0.4, 0.5) is 5.82 Å². The van der Waals surface area contributed by atoms with Crippen LogP contribution in [0.15, 0.2) is 0 Å². The van der Waals surface area contributed by atoms with E-state index in [0.717, 1.165) is 27.9 Å². The van der Waals surface area contributed by atoms with Crippen LogP contribution in [-0.2, 0) is 0 Å². The number of halogens is 1. The van der Waals surface area contributed by atoms with Crippen molar-refractivity contribution in [3.8, 4) is 0 Å². The number of aryl methyl sites for hydroxylation is 1. The van der Waals surface area contributed by atoms with Gasteiger partial charge >= 0.3 is 0 Å². The van der Waals surface area contributed by atoms with Gasteiger partial charge in [-0.05, 0) is 59.6 Å². The molecule has 0 spiro atoms. The molecular weight excluding hydrogens is 337 g/mol. The third-order valence-electron chi connectivity index (χ3n) is 3.93. The first kappa shape index (κ1) is 14.2. The molecule has 0 unspecified atom stereocenters. The number of hydrogen-bond donors (Lipinski definition) is 1. The van der Waals surface area contributed by atoms with E-state index < -0.39 is 0 Å². The van der Waals surface area contributed by atoms with Crippen molar-refractivity contribution in [1.29, 1.82) is 0 Å². The SMILES string of the molecule is Cc1nn(C2CC(C)(C)CC(C)(C)C2)c(N)c1I. The van der Waals surface area contributed by atoms with Crippen LogP contribution < -0.4 is 5.73 Å². The summed E-state index contributed by atoms with van der Waals surface area (Å²) in [5.74, 6) is 0.839. The molecule has 1 aromatic heterocycles. The van der Waals surface area contributed by atoms with E-state index in [-0.39, 0.29) is 0 Å². The van der Waals surface area contributed by atoms with Gasteiger partial charge in [-0.25, -0.2) is 4.68 Å². The van der Waals surface area contributed by atoms with Crippen LogP contribution in [0.25, 0.3) is 0 Å². The number of anilines is 1. The zero-order chi connectivity index (χ0) is 13.7. The van der Waals surface area contributed by atoms with Crippen molar-refractivity contribution in [2.75, 3.05) is 5.73 Å². The van der Waals surface area contributed by atoms with E-state index in [0.29, 0.717) is 16.9 Å². The van der Waals surface area contributed by atoms with E-state index in [2.05, 4.69) is 60.1 Å². The molecule has 0 amide bonds. The molecule has 0 bridgehead atoms. The molecule has 102 valence electrons. The van der Waals surface area contributed by atoms with Crippen LogP contribution in [-0.4, -0.2) is 9.78 Å². The summed E-state index contributed by atoms with van der Waals surface area (Å²) in [7, 11) is 0. The van der Waals surface area contributed by atoms with Gasteiger partial charge in [0.05, 0.1) is 15.3 Å². The lowest BCUT2D eigenvalue weighted by Crippen LogP contribution is -2.35. The number of nitrogens with zero attached hydrogens (tertiary/aromatic N) is 2. The smallest absolute Gasteiger partial charge is 0.135 e. The first-order chi connectivity index (χ1) is 8.11. The Morgan fingerprint density at radius 1 is 1.22 bits per heavy atom. The Bertz CT molecular complexity index is 444. The third-order valence-corrected chi connectivity index (χ3v) is 5.26. The average molecular weight is 361 g/mol. The summed E-state index contributed by atoms with van der Waals surface area (Å²) in [5.41, 5.74) is 7.99. The Morgan fingerprint density at radius 3 is 2.11 bits per heavy atom. The molecule has 0 atom stereocenters. The minimum absolute atomic E-state index is 0.365. The summed E-state index contributed by atoms with van der Waals surface area (Å²) in [4.78, 5) is 0. The Labute approximate surface area is 124 Å². The first-order valence-electron chi connectivity index (χ1n) is 6.61. The van der Waals surface area contributed by atoms with Gasteiger partial charge in [0.25, 0.3) is 0 Å². The molecular formula is C14H24IN3. The van der Waals surface area contributed by atoms with Crippen molar-refractivity contribution in [1.82, 2.24) is 9.78 Å². The highest BCUT2D eigenvalue weighted by molar-refractivity contribution is 14.1. The molecule has 1 aliphatic carbocycles. The van der Waals surface area contributed by atoms with Gasteiger partial charge in [0, 0.05) is 0 Å². The van der Waals surface area contributed by atoms with Crippen LogP contribution in [0.5, 0.6) is 0 Å². The number of nitrogens with two attached hydrogens (primary N) is 1. The molecule has 1 heterocycles. The van der Waals surface area contributed by atoms with Crippen LogP contribution >= 0.6 is 22.6 Å². The third kappa shape index (κ3) is 2.68. The van der Waals surface area contributed by atoms with Crippen molar-refractivity contribution in [2.45, 2.75) is 59.9 Å². The molecule has 2 N–H and O–H groups in total. The normalized spacial score (nSPS) is 23.2. The van der Waals surface area contributed by atoms with E-state index in [1.165, 1.54) is 6.42 Å². The van der Waals surface area contributed by atoms with E-state index in [4.69, 9.17) is 5.73 Å². The summed E-state index contributed by atoms with van der Waals surface area (Å²) < 4.78 is 3.17. The van der Waals surface area contributed by atoms with Crippen LogP contribution in [0.3, 0.4) is 0 Å². The van der Waals surface area contributed by atoms with E-state index in [1.807, 2.05) is 6.92 Å². The predicted octanol–water partition coefficient (Wildman–Crippen LogP) is 4.16. The zero-order valence-corrected chi connectivity index (χ0v) is 14.2. The van der Waals surface area contributed by atoms with Crippen LogP contribution in [0.2, 0.25) is 0 Å². The fourth-order valence-corrected chi connectivity index (χ4v) is 4.14. The fraction of sp³-hybridized carbons (Fsp3) is 0.786. The number of nitrogen functional groups attached to an aromatic ring is 1. The van der Waals surface area contributed by atoms with Gasteiger partial charge in [0.1, 0.15) is 5.82 Å². The topological polar surface area (TPSA) is 43.8 Å². The fourth-order valence-electron chi connectivity index (χ4n) is 3.78. The van der Waals surface area contributed by atoms with Gasteiger partial charge in [0.15, 0.2) is 0 Å². The van der Waals surface area contributed by atoms with Crippen molar-refractivity contribution in [3.63, 3.8) is 0 Å². The summed E-state index contributed by atoms with van der Waals surface area (Å²) in [6, 6.07) is 0.436. The first-order valence-corrected chi connectivity index (χ1v) is 7.69. The maximum atomic E-state index is 6.20. The summed E-state index contributed by atoms with van der Waals surface area (Å²) in [6.07, 6.45) is 3.60.